The summed E-state index contributed by atoms with van der Waals surface area (Å²) < 4.78 is 5.61. The van der Waals surface area contributed by atoms with Crippen LogP contribution in [0.3, 0.4) is 0 Å². The Kier molecular flexibility index (Phi) is 6.96. The lowest BCUT2D eigenvalue weighted by atomic mass is 10.1. The van der Waals surface area contributed by atoms with Crippen LogP contribution in [-0.4, -0.2) is 30.4 Å². The number of aryl methyl sites for hydroxylation is 3. The number of barbiturate groups is 1. The van der Waals surface area contributed by atoms with Gasteiger partial charge in [-0.2, -0.15) is 0 Å². The third-order valence-corrected chi connectivity index (χ3v) is 5.69. The summed E-state index contributed by atoms with van der Waals surface area (Å²) >= 11 is 0. The molecule has 1 fully saturated rings. The molecule has 0 aromatic heterocycles. The Morgan fingerprint density at radius 1 is 0.944 bits per heavy atom. The lowest BCUT2D eigenvalue weighted by Crippen LogP contribution is -2.54. The normalized spacial score (nSPS) is 14.6. The molecule has 1 aliphatic heterocycles. The van der Waals surface area contributed by atoms with Gasteiger partial charge >= 0.3 is 6.03 Å². The number of carbonyl (C=O) groups excluding carboxylic acids is 4. The molecule has 0 atom stereocenters. The highest BCUT2D eigenvalue weighted by Gasteiger charge is 2.36. The van der Waals surface area contributed by atoms with Crippen molar-refractivity contribution in [3.8, 4) is 5.75 Å². The second-order valence-corrected chi connectivity index (χ2v) is 8.51. The van der Waals surface area contributed by atoms with E-state index in [9.17, 15) is 19.2 Å². The molecule has 0 aliphatic carbocycles. The number of anilines is 2. The molecule has 8 heteroatoms. The van der Waals surface area contributed by atoms with Crippen LogP contribution in [0, 0.1) is 20.8 Å². The highest BCUT2D eigenvalue weighted by molar-refractivity contribution is 6.39. The maximum Gasteiger partial charge on any atom is 0.335 e. The lowest BCUT2D eigenvalue weighted by Gasteiger charge is -2.26. The standard InChI is InChI=1S/C28H25N3O5/c1-17-6-4-8-22(12-17)31-27(34)24(26(33)30-28(31)35)15-20-7-5-9-23(14-20)36-16-25(32)29-21-11-10-18(2)19(3)13-21/h4-15H,16H2,1-3H3,(H,29,32)(H,30,33,35)/b24-15+. The minimum atomic E-state index is -0.806. The maximum atomic E-state index is 13.1. The van der Waals surface area contributed by atoms with Crippen LogP contribution in [-0.2, 0) is 14.4 Å². The van der Waals surface area contributed by atoms with Crippen molar-refractivity contribution < 1.29 is 23.9 Å². The van der Waals surface area contributed by atoms with Gasteiger partial charge in [0.1, 0.15) is 11.3 Å². The first-order chi connectivity index (χ1) is 17.2. The van der Waals surface area contributed by atoms with Gasteiger partial charge in [-0.1, -0.05) is 30.3 Å². The number of benzene rings is 3. The average Bonchev–Trinajstić information content (AvgIpc) is 2.83. The fourth-order valence-corrected chi connectivity index (χ4v) is 3.68. The number of urea groups is 1. The molecular weight excluding hydrogens is 458 g/mol. The van der Waals surface area contributed by atoms with Gasteiger partial charge < -0.3 is 10.1 Å². The first-order valence-electron chi connectivity index (χ1n) is 11.3. The molecule has 0 spiro atoms. The molecular formula is C28H25N3O5. The first-order valence-corrected chi connectivity index (χ1v) is 11.3. The van der Waals surface area contributed by atoms with Crippen molar-refractivity contribution in [1.29, 1.82) is 0 Å². The van der Waals surface area contributed by atoms with Crippen LogP contribution >= 0.6 is 0 Å². The monoisotopic (exact) mass is 483 g/mol. The van der Waals surface area contributed by atoms with E-state index in [4.69, 9.17) is 4.74 Å². The van der Waals surface area contributed by atoms with E-state index in [2.05, 4.69) is 10.6 Å². The molecule has 1 saturated heterocycles. The van der Waals surface area contributed by atoms with Crippen LogP contribution in [0.4, 0.5) is 16.2 Å². The zero-order valence-electron chi connectivity index (χ0n) is 20.1. The van der Waals surface area contributed by atoms with Crippen LogP contribution in [0.25, 0.3) is 6.08 Å². The van der Waals surface area contributed by atoms with Crippen LogP contribution in [0.5, 0.6) is 5.75 Å². The second-order valence-electron chi connectivity index (χ2n) is 8.51. The Morgan fingerprint density at radius 3 is 2.47 bits per heavy atom. The molecule has 3 aromatic carbocycles. The fourth-order valence-electron chi connectivity index (χ4n) is 3.68. The third-order valence-electron chi connectivity index (χ3n) is 5.69. The van der Waals surface area contributed by atoms with Crippen LogP contribution in [0.15, 0.2) is 72.3 Å². The molecule has 1 heterocycles. The minimum Gasteiger partial charge on any atom is -0.484 e. The van der Waals surface area contributed by atoms with E-state index in [1.807, 2.05) is 45.0 Å². The zero-order chi connectivity index (χ0) is 25.8. The smallest absolute Gasteiger partial charge is 0.335 e. The largest absolute Gasteiger partial charge is 0.484 e. The Balaban J connectivity index is 1.48. The van der Waals surface area contributed by atoms with E-state index in [0.29, 0.717) is 22.7 Å². The summed E-state index contributed by atoms with van der Waals surface area (Å²) in [5.41, 5.74) is 4.41. The van der Waals surface area contributed by atoms with Crippen LogP contribution < -0.4 is 20.3 Å². The molecule has 36 heavy (non-hydrogen) atoms. The van der Waals surface area contributed by atoms with Crippen molar-refractivity contribution >= 4 is 41.2 Å². The molecule has 2 N–H and O–H groups in total. The Morgan fingerprint density at radius 2 is 1.72 bits per heavy atom. The Bertz CT molecular complexity index is 1410. The SMILES string of the molecule is Cc1cccc(N2C(=O)NC(=O)/C(=C\c3cccc(OCC(=O)Nc4ccc(C)c(C)c4)c3)C2=O)c1. The van der Waals surface area contributed by atoms with E-state index in [1.165, 1.54) is 6.08 Å². The predicted octanol–water partition coefficient (Wildman–Crippen LogP) is 4.30. The van der Waals surface area contributed by atoms with Crippen molar-refractivity contribution in [1.82, 2.24) is 5.32 Å². The van der Waals surface area contributed by atoms with Crippen molar-refractivity contribution in [3.63, 3.8) is 0 Å². The molecule has 0 bridgehead atoms. The summed E-state index contributed by atoms with van der Waals surface area (Å²) in [6, 6.07) is 18.3. The molecule has 8 nitrogen and oxygen atoms in total. The van der Waals surface area contributed by atoms with Gasteiger partial charge in [0.15, 0.2) is 6.61 Å². The van der Waals surface area contributed by atoms with Crippen LogP contribution in [0.1, 0.15) is 22.3 Å². The van der Waals surface area contributed by atoms with Crippen molar-refractivity contribution in [2.45, 2.75) is 20.8 Å². The molecule has 0 saturated carbocycles. The molecule has 182 valence electrons. The molecule has 0 unspecified atom stereocenters. The van der Waals surface area contributed by atoms with Gasteiger partial charge in [-0.3, -0.25) is 19.7 Å². The maximum absolute atomic E-state index is 13.1. The van der Waals surface area contributed by atoms with Gasteiger partial charge in [0, 0.05) is 5.69 Å². The number of rotatable bonds is 6. The number of amides is 5. The summed E-state index contributed by atoms with van der Waals surface area (Å²) in [6.45, 7) is 5.58. The van der Waals surface area contributed by atoms with Gasteiger partial charge in [-0.25, -0.2) is 9.69 Å². The molecule has 1 aliphatic rings. The highest BCUT2D eigenvalue weighted by Crippen LogP contribution is 2.24. The van der Waals surface area contributed by atoms with Crippen molar-refractivity contribution in [3.05, 3.63) is 94.6 Å². The molecule has 0 radical (unpaired) electrons. The minimum absolute atomic E-state index is 0.194. The Hall–Kier alpha value is -4.72. The summed E-state index contributed by atoms with van der Waals surface area (Å²) in [5, 5.41) is 5.00. The van der Waals surface area contributed by atoms with Gasteiger partial charge in [-0.05, 0) is 85.5 Å². The Labute approximate surface area is 208 Å². The van der Waals surface area contributed by atoms with E-state index in [-0.39, 0.29) is 18.1 Å². The predicted molar refractivity (Wildman–Crippen MR) is 137 cm³/mol. The fraction of sp³-hybridized carbons (Fsp3) is 0.143. The lowest BCUT2D eigenvalue weighted by molar-refractivity contribution is -0.122. The van der Waals surface area contributed by atoms with E-state index in [0.717, 1.165) is 21.6 Å². The van der Waals surface area contributed by atoms with E-state index < -0.39 is 17.8 Å². The summed E-state index contributed by atoms with van der Waals surface area (Å²) in [6.07, 6.45) is 1.38. The van der Waals surface area contributed by atoms with Gasteiger partial charge in [0.05, 0.1) is 5.69 Å². The summed E-state index contributed by atoms with van der Waals surface area (Å²) in [7, 11) is 0. The van der Waals surface area contributed by atoms with E-state index >= 15 is 0 Å². The number of hydrogen-bond acceptors (Lipinski definition) is 5. The number of hydrogen-bond donors (Lipinski definition) is 2. The number of carbonyl (C=O) groups is 4. The summed E-state index contributed by atoms with van der Waals surface area (Å²) in [4.78, 5) is 51.1. The number of nitrogens with one attached hydrogen (secondary N) is 2. The molecule has 4 rings (SSSR count). The van der Waals surface area contributed by atoms with Crippen LogP contribution in [0.2, 0.25) is 0 Å². The number of imide groups is 2. The zero-order valence-corrected chi connectivity index (χ0v) is 20.1. The van der Waals surface area contributed by atoms with Gasteiger partial charge in [0.25, 0.3) is 17.7 Å². The average molecular weight is 484 g/mol. The highest BCUT2D eigenvalue weighted by atomic mass is 16.5. The van der Waals surface area contributed by atoms with Crippen molar-refractivity contribution in [2.75, 3.05) is 16.8 Å². The molecule has 3 aromatic rings. The second kappa shape index (κ2) is 10.3. The quantitative estimate of drug-likeness (QED) is 0.402. The topological polar surface area (TPSA) is 105 Å². The number of ether oxygens (including phenoxy) is 1. The van der Waals surface area contributed by atoms with E-state index in [1.54, 1.807) is 42.5 Å². The molecule has 5 amide bonds. The number of nitrogens with zero attached hydrogens (tertiary/aromatic N) is 1. The van der Waals surface area contributed by atoms with Gasteiger partial charge in [-0.15, -0.1) is 0 Å². The summed E-state index contributed by atoms with van der Waals surface area (Å²) in [5.74, 6) is -1.45. The van der Waals surface area contributed by atoms with Gasteiger partial charge in [0.2, 0.25) is 0 Å². The third kappa shape index (κ3) is 5.50. The van der Waals surface area contributed by atoms with Crippen molar-refractivity contribution in [2.24, 2.45) is 0 Å². The first kappa shape index (κ1) is 24.4.